The Balaban J connectivity index is 1.70. The van der Waals surface area contributed by atoms with E-state index in [2.05, 4.69) is 10.9 Å². The van der Waals surface area contributed by atoms with Crippen molar-refractivity contribution in [2.24, 2.45) is 0 Å². The van der Waals surface area contributed by atoms with Crippen molar-refractivity contribution in [3.05, 3.63) is 59.7 Å². The third kappa shape index (κ3) is 4.32. The minimum atomic E-state index is -3.67. The summed E-state index contributed by atoms with van der Waals surface area (Å²) in [4.78, 5) is 24.4. The number of hydrogen-bond donors (Lipinski definition) is 3. The zero-order valence-electron chi connectivity index (χ0n) is 15.1. The molecule has 0 bridgehead atoms. The molecular weight excluding hydrogens is 382 g/mol. The van der Waals surface area contributed by atoms with Gasteiger partial charge < -0.3 is 5.11 Å². The Labute approximate surface area is 163 Å². The second-order valence-corrected chi connectivity index (χ2v) is 8.36. The molecule has 9 heteroatoms. The maximum atomic E-state index is 12.7. The predicted octanol–water partition coefficient (Wildman–Crippen LogP) is 1.64. The molecule has 3 N–H and O–H groups in total. The molecule has 0 atom stereocenters. The fourth-order valence-corrected chi connectivity index (χ4v) is 4.53. The van der Waals surface area contributed by atoms with Crippen LogP contribution in [-0.4, -0.2) is 42.7 Å². The summed E-state index contributed by atoms with van der Waals surface area (Å²) in [5.41, 5.74) is 4.52. The molecule has 2 aromatic rings. The standard InChI is InChI=1S/C19H21N3O5S/c23-17-10-3-2-9-16(17)19(25)21-20-18(24)14-7-6-8-15(13-14)28(26,27)22-11-4-1-5-12-22/h2-3,6-10,13,23H,1,4-5,11-12H2,(H,20,24)(H,21,25). The Kier molecular flexibility index (Phi) is 5.96. The Morgan fingerprint density at radius 2 is 1.57 bits per heavy atom. The number of nitrogens with one attached hydrogen (secondary N) is 2. The molecule has 148 valence electrons. The van der Waals surface area contributed by atoms with Crippen molar-refractivity contribution in [1.29, 1.82) is 0 Å². The highest BCUT2D eigenvalue weighted by Gasteiger charge is 2.26. The number of phenolic OH excluding ortho intramolecular Hbond substituents is 1. The largest absolute Gasteiger partial charge is 0.507 e. The first-order valence-electron chi connectivity index (χ1n) is 8.88. The number of rotatable bonds is 4. The summed E-state index contributed by atoms with van der Waals surface area (Å²) >= 11 is 0. The molecule has 0 aliphatic carbocycles. The van der Waals surface area contributed by atoms with E-state index >= 15 is 0 Å². The van der Waals surface area contributed by atoms with Gasteiger partial charge >= 0.3 is 0 Å². The molecule has 28 heavy (non-hydrogen) atoms. The van der Waals surface area contributed by atoms with Crippen molar-refractivity contribution in [3.8, 4) is 5.75 Å². The lowest BCUT2D eigenvalue weighted by Crippen LogP contribution is -2.41. The molecule has 0 unspecified atom stereocenters. The van der Waals surface area contributed by atoms with Crippen LogP contribution < -0.4 is 10.9 Å². The molecule has 0 spiro atoms. The molecular formula is C19H21N3O5S. The van der Waals surface area contributed by atoms with E-state index < -0.39 is 21.8 Å². The first-order valence-corrected chi connectivity index (χ1v) is 10.3. The second kappa shape index (κ2) is 8.41. The Hall–Kier alpha value is -2.91. The van der Waals surface area contributed by atoms with Crippen molar-refractivity contribution >= 4 is 21.8 Å². The van der Waals surface area contributed by atoms with Gasteiger partial charge in [-0.25, -0.2) is 8.42 Å². The summed E-state index contributed by atoms with van der Waals surface area (Å²) < 4.78 is 26.9. The first-order chi connectivity index (χ1) is 13.4. The first kappa shape index (κ1) is 19.8. The highest BCUT2D eigenvalue weighted by molar-refractivity contribution is 7.89. The van der Waals surface area contributed by atoms with Gasteiger partial charge in [-0.15, -0.1) is 0 Å². The number of hydrogen-bond acceptors (Lipinski definition) is 5. The van der Waals surface area contributed by atoms with Gasteiger partial charge in [0.15, 0.2) is 0 Å². The maximum Gasteiger partial charge on any atom is 0.273 e. The second-order valence-electron chi connectivity index (χ2n) is 6.42. The molecule has 1 heterocycles. The number of benzene rings is 2. The Morgan fingerprint density at radius 1 is 0.893 bits per heavy atom. The van der Waals surface area contributed by atoms with E-state index in [-0.39, 0.29) is 21.8 Å². The number of amides is 2. The van der Waals surface area contributed by atoms with E-state index in [0.29, 0.717) is 13.1 Å². The molecule has 8 nitrogen and oxygen atoms in total. The fraction of sp³-hybridized carbons (Fsp3) is 0.263. The number of sulfonamides is 1. The lowest BCUT2D eigenvalue weighted by molar-refractivity contribution is 0.0845. The van der Waals surface area contributed by atoms with Gasteiger partial charge in [-0.3, -0.25) is 20.4 Å². The van der Waals surface area contributed by atoms with Crippen molar-refractivity contribution in [2.45, 2.75) is 24.2 Å². The summed E-state index contributed by atoms with van der Waals surface area (Å²) in [6.45, 7) is 0.935. The molecule has 0 aromatic heterocycles. The molecule has 2 aromatic carbocycles. The normalized spacial score (nSPS) is 15.0. The van der Waals surface area contributed by atoms with Gasteiger partial charge in [-0.2, -0.15) is 4.31 Å². The lowest BCUT2D eigenvalue weighted by Gasteiger charge is -2.26. The zero-order valence-corrected chi connectivity index (χ0v) is 15.9. The quantitative estimate of drug-likeness (QED) is 0.671. The van der Waals surface area contributed by atoms with Gasteiger partial charge in [0.05, 0.1) is 10.5 Å². The van der Waals surface area contributed by atoms with Crippen molar-refractivity contribution in [3.63, 3.8) is 0 Å². The van der Waals surface area contributed by atoms with Crippen LogP contribution in [0.5, 0.6) is 5.75 Å². The average molecular weight is 403 g/mol. The molecule has 1 saturated heterocycles. The van der Waals surface area contributed by atoms with Crippen molar-refractivity contribution in [1.82, 2.24) is 15.2 Å². The van der Waals surface area contributed by atoms with Crippen LogP contribution in [0.25, 0.3) is 0 Å². The summed E-state index contributed by atoms with van der Waals surface area (Å²) in [5, 5.41) is 9.67. The van der Waals surface area contributed by atoms with E-state index in [1.165, 1.54) is 40.7 Å². The lowest BCUT2D eigenvalue weighted by atomic mass is 10.2. The number of carbonyl (C=O) groups is 2. The maximum absolute atomic E-state index is 12.7. The van der Waals surface area contributed by atoms with Crippen LogP contribution in [0, 0.1) is 0 Å². The Morgan fingerprint density at radius 3 is 2.29 bits per heavy atom. The molecule has 1 aliphatic heterocycles. The van der Waals surface area contributed by atoms with Crippen LogP contribution in [0.3, 0.4) is 0 Å². The van der Waals surface area contributed by atoms with Crippen molar-refractivity contribution < 1.29 is 23.1 Å². The zero-order chi connectivity index (χ0) is 20.1. The molecule has 1 aliphatic rings. The van der Waals surface area contributed by atoms with Crippen LogP contribution in [0.2, 0.25) is 0 Å². The molecule has 2 amide bonds. The number of para-hydroxylation sites is 1. The van der Waals surface area contributed by atoms with Gasteiger partial charge in [-0.05, 0) is 43.2 Å². The van der Waals surface area contributed by atoms with Gasteiger partial charge in [0, 0.05) is 18.7 Å². The topological polar surface area (TPSA) is 116 Å². The average Bonchev–Trinajstić information content (AvgIpc) is 2.73. The summed E-state index contributed by atoms with van der Waals surface area (Å²) in [6, 6.07) is 11.6. The van der Waals surface area contributed by atoms with Gasteiger partial charge in [-0.1, -0.05) is 24.6 Å². The van der Waals surface area contributed by atoms with Crippen molar-refractivity contribution in [2.75, 3.05) is 13.1 Å². The van der Waals surface area contributed by atoms with Crippen LogP contribution in [0.15, 0.2) is 53.4 Å². The third-order valence-corrected chi connectivity index (χ3v) is 6.38. The van der Waals surface area contributed by atoms with E-state index in [1.807, 2.05) is 0 Å². The van der Waals surface area contributed by atoms with Gasteiger partial charge in [0.1, 0.15) is 5.75 Å². The van der Waals surface area contributed by atoms with Crippen LogP contribution in [-0.2, 0) is 10.0 Å². The predicted molar refractivity (Wildman–Crippen MR) is 102 cm³/mol. The number of nitrogens with zero attached hydrogens (tertiary/aromatic N) is 1. The summed E-state index contributed by atoms with van der Waals surface area (Å²) in [6.07, 6.45) is 2.64. The fourth-order valence-electron chi connectivity index (χ4n) is 2.97. The molecule has 0 saturated carbocycles. The number of hydrazine groups is 1. The summed E-state index contributed by atoms with van der Waals surface area (Å²) in [7, 11) is -3.67. The number of carbonyl (C=O) groups excluding carboxylic acids is 2. The van der Waals surface area contributed by atoms with Crippen LogP contribution in [0.1, 0.15) is 40.0 Å². The summed E-state index contributed by atoms with van der Waals surface area (Å²) in [5.74, 6) is -1.58. The highest BCUT2D eigenvalue weighted by atomic mass is 32.2. The monoisotopic (exact) mass is 403 g/mol. The van der Waals surface area contributed by atoms with E-state index in [4.69, 9.17) is 0 Å². The van der Waals surface area contributed by atoms with E-state index in [9.17, 15) is 23.1 Å². The van der Waals surface area contributed by atoms with Gasteiger partial charge in [0.25, 0.3) is 11.8 Å². The minimum Gasteiger partial charge on any atom is -0.507 e. The van der Waals surface area contributed by atoms with Crippen LogP contribution in [0.4, 0.5) is 0 Å². The minimum absolute atomic E-state index is 0.00391. The smallest absolute Gasteiger partial charge is 0.273 e. The molecule has 1 fully saturated rings. The van der Waals surface area contributed by atoms with E-state index in [1.54, 1.807) is 12.1 Å². The number of piperidine rings is 1. The third-order valence-electron chi connectivity index (χ3n) is 4.49. The number of phenols is 1. The Bertz CT molecular complexity index is 985. The highest BCUT2D eigenvalue weighted by Crippen LogP contribution is 2.21. The van der Waals surface area contributed by atoms with E-state index in [0.717, 1.165) is 19.3 Å². The SMILES string of the molecule is O=C(NNC(=O)c1ccccc1O)c1cccc(S(=O)(=O)N2CCCCC2)c1. The number of aromatic hydroxyl groups is 1. The molecule has 0 radical (unpaired) electrons. The van der Waals surface area contributed by atoms with Gasteiger partial charge in [0.2, 0.25) is 10.0 Å². The molecule has 3 rings (SSSR count). The van der Waals surface area contributed by atoms with Crippen LogP contribution >= 0.6 is 0 Å².